The number of hydrogen-bond acceptors (Lipinski definition) is 1. The normalized spacial score (nSPS) is 15.8. The molecule has 0 bridgehead atoms. The minimum absolute atomic E-state index is 0.00292. The Bertz CT molecular complexity index is 864. The lowest BCUT2D eigenvalue weighted by molar-refractivity contribution is -0.122. The van der Waals surface area contributed by atoms with Gasteiger partial charge in [0, 0.05) is 12.5 Å². The van der Waals surface area contributed by atoms with Crippen molar-refractivity contribution in [3.8, 4) is 0 Å². The highest BCUT2D eigenvalue weighted by Gasteiger charge is 2.26. The van der Waals surface area contributed by atoms with Crippen LogP contribution >= 0.6 is 0 Å². The number of amides is 1. The molecule has 142 valence electrons. The Morgan fingerprint density at radius 1 is 0.857 bits per heavy atom. The van der Waals surface area contributed by atoms with Crippen molar-refractivity contribution in [1.82, 2.24) is 5.32 Å². The van der Waals surface area contributed by atoms with Crippen LogP contribution in [-0.2, 0) is 11.2 Å². The van der Waals surface area contributed by atoms with E-state index in [-0.39, 0.29) is 11.8 Å². The van der Waals surface area contributed by atoms with Gasteiger partial charge in [0.2, 0.25) is 5.91 Å². The Labute approximate surface area is 167 Å². The number of carbonyl (C=O) groups is 1. The fourth-order valence-corrected chi connectivity index (χ4v) is 4.39. The Morgan fingerprint density at radius 2 is 1.46 bits per heavy atom. The smallest absolute Gasteiger partial charge is 0.227 e. The quantitative estimate of drug-likeness (QED) is 0.615. The van der Waals surface area contributed by atoms with Crippen molar-refractivity contribution in [1.29, 1.82) is 0 Å². The van der Waals surface area contributed by atoms with E-state index in [1.807, 2.05) is 18.2 Å². The highest BCUT2D eigenvalue weighted by atomic mass is 16.1. The summed E-state index contributed by atoms with van der Waals surface area (Å²) in [6.07, 6.45) is 4.02. The van der Waals surface area contributed by atoms with Crippen molar-refractivity contribution in [3.05, 3.63) is 107 Å². The van der Waals surface area contributed by atoms with E-state index in [9.17, 15) is 4.79 Å². The standard InChI is InChI=1S/C26H27NO/c28-26(25-17-9-15-22-14-7-8-16-24(22)25)27-19-18-23(20-10-3-1-4-11-20)21-12-5-2-6-13-21/h1-8,10-14,16,23,25H,9,15,17-19H2,(H,27,28). The minimum Gasteiger partial charge on any atom is -0.356 e. The van der Waals surface area contributed by atoms with E-state index in [1.54, 1.807) is 0 Å². The van der Waals surface area contributed by atoms with Crippen LogP contribution in [0.15, 0.2) is 84.9 Å². The van der Waals surface area contributed by atoms with Crippen molar-refractivity contribution in [2.24, 2.45) is 0 Å². The number of benzene rings is 3. The first-order valence-electron chi connectivity index (χ1n) is 10.3. The molecule has 1 N–H and O–H groups in total. The average Bonchev–Trinajstić information content (AvgIpc) is 2.77. The van der Waals surface area contributed by atoms with Crippen molar-refractivity contribution in [2.45, 2.75) is 37.5 Å². The topological polar surface area (TPSA) is 29.1 Å². The van der Waals surface area contributed by atoms with Crippen LogP contribution in [0.2, 0.25) is 0 Å². The number of hydrogen-bond donors (Lipinski definition) is 1. The summed E-state index contributed by atoms with van der Waals surface area (Å²) >= 11 is 0. The van der Waals surface area contributed by atoms with Crippen LogP contribution in [0.4, 0.5) is 0 Å². The monoisotopic (exact) mass is 369 g/mol. The number of aryl methyl sites for hydroxylation is 1. The molecule has 3 aromatic rings. The zero-order chi connectivity index (χ0) is 19.2. The average molecular weight is 370 g/mol. The summed E-state index contributed by atoms with van der Waals surface area (Å²) < 4.78 is 0. The van der Waals surface area contributed by atoms with Gasteiger partial charge >= 0.3 is 0 Å². The Kier molecular flexibility index (Phi) is 5.86. The van der Waals surface area contributed by atoms with Crippen LogP contribution in [0.25, 0.3) is 0 Å². The van der Waals surface area contributed by atoms with E-state index < -0.39 is 0 Å². The first-order valence-corrected chi connectivity index (χ1v) is 10.3. The number of fused-ring (bicyclic) bond motifs is 1. The van der Waals surface area contributed by atoms with Crippen molar-refractivity contribution >= 4 is 5.91 Å². The van der Waals surface area contributed by atoms with E-state index in [1.165, 1.54) is 22.3 Å². The summed E-state index contributed by atoms with van der Waals surface area (Å²) in [4.78, 5) is 12.9. The molecule has 0 aromatic heterocycles. The third-order valence-electron chi connectivity index (χ3n) is 5.82. The van der Waals surface area contributed by atoms with E-state index in [0.717, 1.165) is 25.7 Å². The van der Waals surface area contributed by atoms with Gasteiger partial charge in [0.25, 0.3) is 0 Å². The van der Waals surface area contributed by atoms with Gasteiger partial charge in [-0.3, -0.25) is 4.79 Å². The van der Waals surface area contributed by atoms with Crippen LogP contribution in [0, 0.1) is 0 Å². The third-order valence-corrected chi connectivity index (χ3v) is 5.82. The molecule has 2 heteroatoms. The molecule has 1 amide bonds. The molecule has 0 aliphatic heterocycles. The second-order valence-corrected chi connectivity index (χ2v) is 7.60. The molecule has 1 aliphatic rings. The Morgan fingerprint density at radius 3 is 2.14 bits per heavy atom. The van der Waals surface area contributed by atoms with Crippen molar-refractivity contribution in [3.63, 3.8) is 0 Å². The van der Waals surface area contributed by atoms with Gasteiger partial charge in [-0.25, -0.2) is 0 Å². The molecule has 0 saturated heterocycles. The SMILES string of the molecule is O=C(NCCC(c1ccccc1)c1ccccc1)C1CCCc2ccccc21. The van der Waals surface area contributed by atoms with Crippen LogP contribution in [0.1, 0.15) is 53.4 Å². The summed E-state index contributed by atoms with van der Waals surface area (Å²) in [5.41, 5.74) is 5.14. The molecule has 0 radical (unpaired) electrons. The molecule has 4 rings (SSSR count). The number of nitrogens with one attached hydrogen (secondary N) is 1. The molecule has 0 spiro atoms. The molecule has 0 saturated carbocycles. The van der Waals surface area contributed by atoms with E-state index >= 15 is 0 Å². The van der Waals surface area contributed by atoms with Crippen LogP contribution in [0.5, 0.6) is 0 Å². The van der Waals surface area contributed by atoms with Crippen molar-refractivity contribution in [2.75, 3.05) is 6.54 Å². The van der Waals surface area contributed by atoms with Gasteiger partial charge in [-0.2, -0.15) is 0 Å². The number of rotatable bonds is 6. The zero-order valence-electron chi connectivity index (χ0n) is 16.2. The zero-order valence-corrected chi connectivity index (χ0v) is 16.2. The predicted molar refractivity (Wildman–Crippen MR) is 114 cm³/mol. The largest absolute Gasteiger partial charge is 0.356 e. The van der Waals surface area contributed by atoms with E-state index in [0.29, 0.717) is 12.5 Å². The lowest BCUT2D eigenvalue weighted by Gasteiger charge is -2.25. The lowest BCUT2D eigenvalue weighted by atomic mass is 9.82. The second kappa shape index (κ2) is 8.88. The molecule has 1 atom stereocenters. The molecule has 2 nitrogen and oxygen atoms in total. The molecule has 1 aliphatic carbocycles. The first-order chi connectivity index (χ1) is 13.8. The van der Waals surface area contributed by atoms with Gasteiger partial charge in [0.05, 0.1) is 5.92 Å². The van der Waals surface area contributed by atoms with Gasteiger partial charge < -0.3 is 5.32 Å². The second-order valence-electron chi connectivity index (χ2n) is 7.60. The molecular formula is C26H27NO. The van der Waals surface area contributed by atoms with Crippen molar-refractivity contribution < 1.29 is 4.79 Å². The fraction of sp³-hybridized carbons (Fsp3) is 0.269. The van der Waals surface area contributed by atoms with Crippen LogP contribution in [-0.4, -0.2) is 12.5 Å². The molecule has 1 unspecified atom stereocenters. The first kappa shape index (κ1) is 18.5. The van der Waals surface area contributed by atoms with Gasteiger partial charge in [0.1, 0.15) is 0 Å². The summed E-state index contributed by atoms with van der Waals surface area (Å²) in [5.74, 6) is 0.463. The molecule has 0 heterocycles. The van der Waals surface area contributed by atoms with E-state index in [4.69, 9.17) is 0 Å². The number of carbonyl (C=O) groups excluding carboxylic acids is 1. The maximum Gasteiger partial charge on any atom is 0.227 e. The van der Waals surface area contributed by atoms with E-state index in [2.05, 4.69) is 72.0 Å². The van der Waals surface area contributed by atoms with Gasteiger partial charge in [-0.1, -0.05) is 84.9 Å². The van der Waals surface area contributed by atoms with Crippen LogP contribution < -0.4 is 5.32 Å². The maximum absolute atomic E-state index is 12.9. The summed E-state index contributed by atoms with van der Waals surface area (Å²) in [5, 5.41) is 3.22. The fourth-order valence-electron chi connectivity index (χ4n) is 4.39. The molecular weight excluding hydrogens is 342 g/mol. The van der Waals surface area contributed by atoms with Gasteiger partial charge in [-0.05, 0) is 47.9 Å². The molecule has 28 heavy (non-hydrogen) atoms. The third kappa shape index (κ3) is 4.17. The highest BCUT2D eigenvalue weighted by Crippen LogP contribution is 2.32. The van der Waals surface area contributed by atoms with Crippen LogP contribution in [0.3, 0.4) is 0 Å². The van der Waals surface area contributed by atoms with Gasteiger partial charge in [-0.15, -0.1) is 0 Å². The lowest BCUT2D eigenvalue weighted by Crippen LogP contribution is -2.32. The summed E-state index contributed by atoms with van der Waals surface area (Å²) in [6.45, 7) is 0.686. The Hall–Kier alpha value is -2.87. The summed E-state index contributed by atoms with van der Waals surface area (Å²) in [7, 11) is 0. The highest BCUT2D eigenvalue weighted by molar-refractivity contribution is 5.84. The molecule has 0 fully saturated rings. The van der Waals surface area contributed by atoms with Gasteiger partial charge in [0.15, 0.2) is 0 Å². The maximum atomic E-state index is 12.9. The predicted octanol–water partition coefficient (Wildman–Crippen LogP) is 5.44. The summed E-state index contributed by atoms with van der Waals surface area (Å²) in [6, 6.07) is 29.6. The minimum atomic E-state index is -0.00292. The Balaban J connectivity index is 1.43. The molecule has 3 aromatic carbocycles.